The molecule has 0 unspecified atom stereocenters. The second-order valence-corrected chi connectivity index (χ2v) is 11.6. The molecular weight excluding hydrogens is 644 g/mol. The lowest BCUT2D eigenvalue weighted by atomic mass is 9.95. The number of hydrogen-bond donors (Lipinski definition) is 0. The van der Waals surface area contributed by atoms with Gasteiger partial charge in [0.15, 0.2) is 4.80 Å². The minimum atomic E-state index is -0.636. The molecule has 0 amide bonds. The van der Waals surface area contributed by atoms with Gasteiger partial charge in [-0.2, -0.15) is 0 Å². The van der Waals surface area contributed by atoms with Gasteiger partial charge in [0.2, 0.25) is 0 Å². The third-order valence-corrected chi connectivity index (χ3v) is 8.34. The van der Waals surface area contributed by atoms with Crippen molar-refractivity contribution in [1.82, 2.24) is 4.57 Å². The first-order chi connectivity index (χ1) is 18.9. The molecule has 1 atom stereocenters. The molecule has 39 heavy (non-hydrogen) atoms. The molecule has 0 bridgehead atoms. The normalized spacial score (nSPS) is 15.1. The van der Waals surface area contributed by atoms with E-state index in [1.807, 2.05) is 85.8 Å². The van der Waals surface area contributed by atoms with Gasteiger partial charge >= 0.3 is 5.97 Å². The molecule has 0 N–H and O–H groups in total. The number of rotatable bonds is 7. The SMILES string of the molecule is CCC1=C(C(=O)OC)[C@H](c2ccccc2)n2c(s/c(=C\c3cc(Br)ccc3OCc3ccc(Br)cc3)c2=O)=N1. The zero-order valence-corrected chi connectivity index (χ0v) is 25.2. The predicted molar refractivity (Wildman–Crippen MR) is 159 cm³/mol. The number of nitrogens with zero attached hydrogens (tertiary/aromatic N) is 2. The van der Waals surface area contributed by atoms with Gasteiger partial charge in [0.25, 0.3) is 5.56 Å². The number of halogens is 2. The average Bonchev–Trinajstić information content (AvgIpc) is 3.26. The molecule has 0 saturated carbocycles. The van der Waals surface area contributed by atoms with Gasteiger partial charge in [0.1, 0.15) is 12.4 Å². The number of hydrogen-bond acceptors (Lipinski definition) is 6. The smallest absolute Gasteiger partial charge is 0.338 e. The zero-order chi connectivity index (χ0) is 27.5. The van der Waals surface area contributed by atoms with Gasteiger partial charge in [-0.25, -0.2) is 9.79 Å². The maximum Gasteiger partial charge on any atom is 0.338 e. The van der Waals surface area contributed by atoms with Crippen LogP contribution in [0, 0.1) is 0 Å². The maximum absolute atomic E-state index is 13.9. The van der Waals surface area contributed by atoms with Gasteiger partial charge in [-0.3, -0.25) is 9.36 Å². The summed E-state index contributed by atoms with van der Waals surface area (Å²) in [6.07, 6.45) is 2.35. The van der Waals surface area contributed by atoms with Crippen molar-refractivity contribution in [3.63, 3.8) is 0 Å². The second kappa shape index (κ2) is 11.9. The van der Waals surface area contributed by atoms with Gasteiger partial charge in [0.05, 0.1) is 29.0 Å². The molecule has 1 aliphatic rings. The molecule has 5 rings (SSSR count). The number of ether oxygens (including phenoxy) is 2. The predicted octanol–water partition coefficient (Wildman–Crippen LogP) is 5.90. The summed E-state index contributed by atoms with van der Waals surface area (Å²) >= 11 is 8.29. The lowest BCUT2D eigenvalue weighted by molar-refractivity contribution is -0.136. The number of carbonyl (C=O) groups excluding carboxylic acids is 1. The molecule has 0 aliphatic carbocycles. The lowest BCUT2D eigenvalue weighted by Gasteiger charge is -2.25. The van der Waals surface area contributed by atoms with E-state index in [0.717, 1.165) is 25.6 Å². The van der Waals surface area contributed by atoms with E-state index in [1.54, 1.807) is 4.57 Å². The van der Waals surface area contributed by atoms with Crippen molar-refractivity contribution in [3.8, 4) is 5.75 Å². The van der Waals surface area contributed by atoms with Crippen molar-refractivity contribution in [3.05, 3.63) is 129 Å². The summed E-state index contributed by atoms with van der Waals surface area (Å²) < 4.78 is 15.2. The molecule has 0 fully saturated rings. The van der Waals surface area contributed by atoms with Crippen LogP contribution in [-0.2, 0) is 16.1 Å². The third kappa shape index (κ3) is 5.71. The topological polar surface area (TPSA) is 69.9 Å². The van der Waals surface area contributed by atoms with Crippen LogP contribution in [0.4, 0.5) is 0 Å². The molecule has 3 aromatic carbocycles. The van der Waals surface area contributed by atoms with E-state index >= 15 is 0 Å². The van der Waals surface area contributed by atoms with E-state index in [4.69, 9.17) is 14.5 Å². The minimum Gasteiger partial charge on any atom is -0.488 e. The number of carbonyl (C=O) groups is 1. The monoisotopic (exact) mass is 666 g/mol. The van der Waals surface area contributed by atoms with Crippen LogP contribution in [0.3, 0.4) is 0 Å². The summed E-state index contributed by atoms with van der Waals surface area (Å²) in [4.78, 5) is 32.1. The number of methoxy groups -OCH3 is 1. The molecule has 1 aromatic heterocycles. The fraction of sp³-hybridized carbons (Fsp3) is 0.167. The number of fused-ring (bicyclic) bond motifs is 1. The molecule has 6 nitrogen and oxygen atoms in total. The van der Waals surface area contributed by atoms with Crippen LogP contribution in [0.2, 0.25) is 0 Å². The van der Waals surface area contributed by atoms with Crippen LogP contribution < -0.4 is 19.6 Å². The lowest BCUT2D eigenvalue weighted by Crippen LogP contribution is -2.40. The molecule has 0 saturated heterocycles. The standard InChI is InChI=1S/C30H24Br2N2O4S/c1-3-23-26(29(36)37-2)27(19-7-5-4-6-8-19)34-28(35)25(39-30(34)33-23)16-20-15-22(32)13-14-24(20)38-17-18-9-11-21(31)12-10-18/h4-16,27H,3,17H2,1-2H3/b25-16-/t27-/m0/s1. The van der Waals surface area contributed by atoms with E-state index in [0.29, 0.717) is 39.4 Å². The summed E-state index contributed by atoms with van der Waals surface area (Å²) in [5, 5.41) is 0. The average molecular weight is 668 g/mol. The van der Waals surface area contributed by atoms with Crippen molar-refractivity contribution >= 4 is 55.2 Å². The second-order valence-electron chi connectivity index (χ2n) is 8.80. The Kier molecular flexibility index (Phi) is 8.30. The highest BCUT2D eigenvalue weighted by molar-refractivity contribution is 9.10. The molecule has 198 valence electrons. The molecule has 9 heteroatoms. The van der Waals surface area contributed by atoms with E-state index in [2.05, 4.69) is 31.9 Å². The number of benzene rings is 3. The summed E-state index contributed by atoms with van der Waals surface area (Å²) in [6, 6.07) is 22.5. The van der Waals surface area contributed by atoms with Crippen LogP contribution in [-0.4, -0.2) is 17.6 Å². The van der Waals surface area contributed by atoms with Gasteiger partial charge in [0, 0.05) is 14.5 Å². The molecule has 0 spiro atoms. The van der Waals surface area contributed by atoms with Gasteiger partial charge in [-0.1, -0.05) is 92.6 Å². The maximum atomic E-state index is 13.9. The van der Waals surface area contributed by atoms with Crippen molar-refractivity contribution < 1.29 is 14.3 Å². The van der Waals surface area contributed by atoms with Gasteiger partial charge in [-0.15, -0.1) is 0 Å². The Balaban J connectivity index is 1.63. The largest absolute Gasteiger partial charge is 0.488 e. The fourth-order valence-electron chi connectivity index (χ4n) is 4.46. The Morgan fingerprint density at radius 3 is 2.46 bits per heavy atom. The Bertz CT molecular complexity index is 1740. The summed E-state index contributed by atoms with van der Waals surface area (Å²) in [6.45, 7) is 2.32. The number of thiazole rings is 1. The summed E-state index contributed by atoms with van der Waals surface area (Å²) in [5.74, 6) is 0.158. The Morgan fingerprint density at radius 2 is 1.77 bits per heavy atom. The van der Waals surface area contributed by atoms with E-state index in [1.165, 1.54) is 18.4 Å². The molecule has 4 aromatic rings. The van der Waals surface area contributed by atoms with Gasteiger partial charge < -0.3 is 9.47 Å². The van der Waals surface area contributed by atoms with Crippen LogP contribution in [0.1, 0.15) is 36.1 Å². The first-order valence-electron chi connectivity index (χ1n) is 12.2. The molecular formula is C30H24Br2N2O4S. The van der Waals surface area contributed by atoms with E-state index in [-0.39, 0.29) is 5.56 Å². The summed E-state index contributed by atoms with van der Waals surface area (Å²) in [7, 11) is 1.35. The van der Waals surface area contributed by atoms with Crippen LogP contribution >= 0.6 is 43.2 Å². The molecule has 0 radical (unpaired) electrons. The van der Waals surface area contributed by atoms with Crippen molar-refractivity contribution in [2.45, 2.75) is 26.0 Å². The Labute approximate surface area is 246 Å². The van der Waals surface area contributed by atoms with Crippen LogP contribution in [0.25, 0.3) is 6.08 Å². The summed E-state index contributed by atoms with van der Waals surface area (Å²) in [5.41, 5.74) is 3.36. The van der Waals surface area contributed by atoms with Crippen LogP contribution in [0.5, 0.6) is 5.75 Å². The number of aromatic nitrogens is 1. The van der Waals surface area contributed by atoms with E-state index < -0.39 is 12.0 Å². The Hall–Kier alpha value is -3.27. The first kappa shape index (κ1) is 27.3. The van der Waals surface area contributed by atoms with Crippen LogP contribution in [0.15, 0.2) is 103 Å². The van der Waals surface area contributed by atoms with E-state index in [9.17, 15) is 9.59 Å². The minimum absolute atomic E-state index is 0.233. The van der Waals surface area contributed by atoms with Crippen molar-refractivity contribution in [2.24, 2.45) is 4.99 Å². The quantitative estimate of drug-likeness (QED) is 0.230. The molecule has 1 aliphatic heterocycles. The van der Waals surface area contributed by atoms with Crippen molar-refractivity contribution in [2.75, 3.05) is 7.11 Å². The highest BCUT2D eigenvalue weighted by Gasteiger charge is 2.33. The molecule has 2 heterocycles. The fourth-order valence-corrected chi connectivity index (χ4v) is 6.12. The highest BCUT2D eigenvalue weighted by atomic mass is 79.9. The first-order valence-corrected chi connectivity index (χ1v) is 14.6. The highest BCUT2D eigenvalue weighted by Crippen LogP contribution is 2.32. The third-order valence-electron chi connectivity index (χ3n) is 6.33. The van der Waals surface area contributed by atoms with Gasteiger partial charge in [-0.05, 0) is 54.0 Å². The van der Waals surface area contributed by atoms with Crippen molar-refractivity contribution in [1.29, 1.82) is 0 Å². The Morgan fingerprint density at radius 1 is 1.05 bits per heavy atom. The zero-order valence-electron chi connectivity index (χ0n) is 21.2. The number of allylic oxidation sites excluding steroid dienone is 1. The number of esters is 1.